The Hall–Kier alpha value is -1.81. The topological polar surface area (TPSA) is 72.9 Å². The summed E-state index contributed by atoms with van der Waals surface area (Å²) in [4.78, 5) is 37.7. The number of thioether (sulfide) groups is 1. The van der Waals surface area contributed by atoms with Crippen molar-refractivity contribution in [2.45, 2.75) is 26.6 Å². The summed E-state index contributed by atoms with van der Waals surface area (Å²) < 4.78 is 12.4. The Morgan fingerprint density at radius 1 is 1.19 bits per heavy atom. The van der Waals surface area contributed by atoms with Crippen molar-refractivity contribution in [1.29, 1.82) is 0 Å². The zero-order valence-corrected chi connectivity index (χ0v) is 21.8. The van der Waals surface area contributed by atoms with Crippen molar-refractivity contribution < 1.29 is 23.9 Å². The summed E-state index contributed by atoms with van der Waals surface area (Å²) in [7, 11) is 0. The number of carbonyl (C=O) groups is 3. The molecule has 1 saturated heterocycles. The minimum atomic E-state index is -0.637. The van der Waals surface area contributed by atoms with Gasteiger partial charge in [-0.25, -0.2) is 0 Å². The van der Waals surface area contributed by atoms with Crippen LogP contribution in [0.15, 0.2) is 50.2 Å². The Kier molecular flexibility index (Phi) is 8.43. The first-order valence-corrected chi connectivity index (χ1v) is 12.2. The average molecular weight is 604 g/mol. The molecule has 1 heterocycles. The van der Waals surface area contributed by atoms with E-state index in [1.807, 2.05) is 24.3 Å². The number of hydrogen-bond donors (Lipinski definition) is 0. The van der Waals surface area contributed by atoms with E-state index in [0.29, 0.717) is 27.4 Å². The predicted molar refractivity (Wildman–Crippen MR) is 132 cm³/mol. The van der Waals surface area contributed by atoms with Gasteiger partial charge in [-0.15, -0.1) is 0 Å². The molecule has 3 rings (SSSR count). The van der Waals surface area contributed by atoms with Gasteiger partial charge in [0.2, 0.25) is 0 Å². The van der Waals surface area contributed by atoms with E-state index in [4.69, 9.17) is 21.1 Å². The monoisotopic (exact) mass is 601 g/mol. The summed E-state index contributed by atoms with van der Waals surface area (Å²) in [5.74, 6) is -0.721. The lowest BCUT2D eigenvalue weighted by molar-refractivity contribution is -0.149. The molecule has 0 saturated carbocycles. The fraction of sp³-hybridized carbons (Fsp3) is 0.227. The summed E-state index contributed by atoms with van der Waals surface area (Å²) in [6.45, 7) is 3.29. The Bertz CT molecular complexity index is 1070. The zero-order chi connectivity index (χ0) is 23.4. The van der Waals surface area contributed by atoms with Crippen molar-refractivity contribution in [3.05, 3.63) is 66.4 Å². The van der Waals surface area contributed by atoms with E-state index in [-0.39, 0.29) is 11.0 Å². The zero-order valence-electron chi connectivity index (χ0n) is 17.1. The molecule has 0 atom stereocenters. The summed E-state index contributed by atoms with van der Waals surface area (Å²) in [5, 5.41) is -0.177. The molecule has 0 unspecified atom stereocenters. The van der Waals surface area contributed by atoms with Gasteiger partial charge in [-0.1, -0.05) is 39.7 Å². The van der Waals surface area contributed by atoms with Gasteiger partial charge in [-0.3, -0.25) is 19.3 Å². The molecule has 1 fully saturated rings. The van der Waals surface area contributed by atoms with Gasteiger partial charge in [0.05, 0.1) is 20.5 Å². The number of esters is 1. The number of hydrogen-bond acceptors (Lipinski definition) is 6. The first-order valence-electron chi connectivity index (χ1n) is 9.45. The lowest BCUT2D eigenvalue weighted by Crippen LogP contribution is -2.35. The molecule has 0 aromatic heterocycles. The van der Waals surface area contributed by atoms with Crippen LogP contribution in [-0.4, -0.2) is 34.7 Å². The molecule has 10 heteroatoms. The molecule has 0 radical (unpaired) electrons. The first-order chi connectivity index (χ1) is 15.1. The van der Waals surface area contributed by atoms with Gasteiger partial charge in [0.15, 0.2) is 5.75 Å². The molecule has 0 N–H and O–H groups in total. The highest BCUT2D eigenvalue weighted by molar-refractivity contribution is 9.10. The number of carbonyl (C=O) groups excluding carboxylic acids is 3. The lowest BCUT2D eigenvalue weighted by atomic mass is 10.2. The molecule has 0 bridgehead atoms. The molecule has 0 aliphatic carbocycles. The van der Waals surface area contributed by atoms with Crippen LogP contribution in [-0.2, 0) is 20.9 Å². The molecule has 2 aromatic rings. The summed E-state index contributed by atoms with van der Waals surface area (Å²) >= 11 is 14.0. The smallest absolute Gasteiger partial charge is 0.326 e. The largest absolute Gasteiger partial charge is 0.486 e. The number of benzene rings is 2. The number of halogens is 3. The van der Waals surface area contributed by atoms with E-state index in [2.05, 4.69) is 31.9 Å². The maximum absolute atomic E-state index is 12.6. The fourth-order valence-corrected chi connectivity index (χ4v) is 4.85. The molecule has 1 aliphatic heterocycles. The average Bonchev–Trinajstić information content (AvgIpc) is 2.95. The number of imide groups is 1. The minimum absolute atomic E-state index is 0.193. The molecule has 32 heavy (non-hydrogen) atoms. The first kappa shape index (κ1) is 24.8. The van der Waals surface area contributed by atoms with Crippen LogP contribution >= 0.6 is 55.2 Å². The van der Waals surface area contributed by atoms with E-state index in [1.54, 1.807) is 32.1 Å². The van der Waals surface area contributed by atoms with Gasteiger partial charge in [-0.05, 0) is 83.0 Å². The fourth-order valence-electron chi connectivity index (χ4n) is 2.75. The molecule has 168 valence electrons. The normalized spacial score (nSPS) is 15.1. The van der Waals surface area contributed by atoms with Crippen LogP contribution in [0.2, 0.25) is 5.02 Å². The summed E-state index contributed by atoms with van der Waals surface area (Å²) in [5.41, 5.74) is 1.58. The third-order valence-corrected chi connectivity index (χ3v) is 6.45. The highest BCUT2D eigenvalue weighted by atomic mass is 79.9. The maximum Gasteiger partial charge on any atom is 0.326 e. The maximum atomic E-state index is 12.6. The van der Waals surface area contributed by atoms with Crippen LogP contribution in [0, 0.1) is 0 Å². The predicted octanol–water partition coefficient (Wildman–Crippen LogP) is 6.43. The van der Waals surface area contributed by atoms with Gasteiger partial charge in [0.25, 0.3) is 11.1 Å². The van der Waals surface area contributed by atoms with Gasteiger partial charge in [0.1, 0.15) is 13.2 Å². The molecule has 2 aromatic carbocycles. The van der Waals surface area contributed by atoms with Crippen molar-refractivity contribution in [3.63, 3.8) is 0 Å². The molecular weight excluding hydrogens is 586 g/mol. The summed E-state index contributed by atoms with van der Waals surface area (Å²) in [6.07, 6.45) is 1.22. The Balaban J connectivity index is 1.73. The van der Waals surface area contributed by atoms with Crippen LogP contribution in [0.5, 0.6) is 5.75 Å². The third kappa shape index (κ3) is 6.37. The Morgan fingerprint density at radius 3 is 2.50 bits per heavy atom. The molecule has 1 aliphatic rings. The van der Waals surface area contributed by atoms with Crippen LogP contribution in [0.3, 0.4) is 0 Å². The molecule has 0 spiro atoms. The number of rotatable bonds is 7. The van der Waals surface area contributed by atoms with E-state index in [0.717, 1.165) is 26.7 Å². The van der Waals surface area contributed by atoms with E-state index < -0.39 is 23.7 Å². The van der Waals surface area contributed by atoms with Crippen molar-refractivity contribution >= 4 is 78.4 Å². The highest BCUT2D eigenvalue weighted by Crippen LogP contribution is 2.38. The van der Waals surface area contributed by atoms with E-state index >= 15 is 0 Å². The van der Waals surface area contributed by atoms with Crippen molar-refractivity contribution in [2.75, 3.05) is 6.54 Å². The second-order valence-electron chi connectivity index (χ2n) is 7.04. The van der Waals surface area contributed by atoms with Crippen molar-refractivity contribution in [1.82, 2.24) is 4.90 Å². The SMILES string of the molecule is CC(C)OC(=O)CN1C(=O)S/C(=C/c2cc(Cl)c(OCc3ccc(Br)cc3)c(Br)c2)C1=O. The highest BCUT2D eigenvalue weighted by Gasteiger charge is 2.36. The van der Waals surface area contributed by atoms with Crippen LogP contribution in [0.4, 0.5) is 4.79 Å². The second-order valence-corrected chi connectivity index (χ2v) is 10.2. The van der Waals surface area contributed by atoms with Crippen LogP contribution in [0.1, 0.15) is 25.0 Å². The standard InChI is InChI=1S/C22H18Br2ClNO5S/c1-12(2)31-19(27)10-26-21(28)18(32-22(26)29)9-14-7-16(24)20(17(25)8-14)30-11-13-3-5-15(23)6-4-13/h3-9,12H,10-11H2,1-2H3/b18-9+. The van der Waals surface area contributed by atoms with Gasteiger partial charge < -0.3 is 9.47 Å². The number of amides is 2. The number of ether oxygens (including phenoxy) is 2. The second kappa shape index (κ2) is 10.9. The Labute approximate surface area is 211 Å². The summed E-state index contributed by atoms with van der Waals surface area (Å²) in [6, 6.07) is 11.1. The van der Waals surface area contributed by atoms with E-state index in [1.165, 1.54) is 0 Å². The minimum Gasteiger partial charge on any atom is -0.486 e. The quantitative estimate of drug-likeness (QED) is 0.268. The van der Waals surface area contributed by atoms with E-state index in [9.17, 15) is 14.4 Å². The van der Waals surface area contributed by atoms with Crippen LogP contribution in [0.25, 0.3) is 6.08 Å². The third-order valence-electron chi connectivity index (χ3n) is 4.14. The van der Waals surface area contributed by atoms with Gasteiger partial charge >= 0.3 is 5.97 Å². The molecule has 2 amide bonds. The number of nitrogens with zero attached hydrogens (tertiary/aromatic N) is 1. The molecule has 6 nitrogen and oxygen atoms in total. The van der Waals surface area contributed by atoms with Gasteiger partial charge in [0, 0.05) is 4.47 Å². The Morgan fingerprint density at radius 2 is 1.88 bits per heavy atom. The van der Waals surface area contributed by atoms with Crippen molar-refractivity contribution in [2.24, 2.45) is 0 Å². The van der Waals surface area contributed by atoms with Gasteiger partial charge in [-0.2, -0.15) is 0 Å². The lowest BCUT2D eigenvalue weighted by Gasteiger charge is -2.13. The van der Waals surface area contributed by atoms with Crippen molar-refractivity contribution in [3.8, 4) is 5.75 Å². The molecular formula is C22H18Br2ClNO5S. The van der Waals surface area contributed by atoms with Crippen LogP contribution < -0.4 is 4.74 Å².